The molecule has 0 fully saturated rings. The number of aromatic nitrogens is 1. The van der Waals surface area contributed by atoms with Crippen LogP contribution in [0.25, 0.3) is 0 Å². The van der Waals surface area contributed by atoms with Crippen LogP contribution in [0.1, 0.15) is 5.56 Å². The molecular formula is C7H6F3IN2O. The van der Waals surface area contributed by atoms with Gasteiger partial charge in [-0.25, -0.2) is 4.98 Å². The van der Waals surface area contributed by atoms with Crippen molar-refractivity contribution in [2.75, 3.05) is 5.73 Å². The molecule has 0 spiro atoms. The van der Waals surface area contributed by atoms with Gasteiger partial charge in [0.05, 0.1) is 5.69 Å². The summed E-state index contributed by atoms with van der Waals surface area (Å²) in [6, 6.07) is 1.38. The van der Waals surface area contributed by atoms with Crippen LogP contribution in [0.15, 0.2) is 6.07 Å². The summed E-state index contributed by atoms with van der Waals surface area (Å²) in [4.78, 5) is 3.58. The van der Waals surface area contributed by atoms with E-state index in [2.05, 4.69) is 9.72 Å². The van der Waals surface area contributed by atoms with Crippen LogP contribution in [0.3, 0.4) is 0 Å². The van der Waals surface area contributed by atoms with Crippen LogP contribution in [-0.4, -0.2) is 11.3 Å². The maximum atomic E-state index is 11.8. The van der Waals surface area contributed by atoms with Crippen molar-refractivity contribution in [3.63, 3.8) is 0 Å². The standard InChI is InChI=1S/C7H6F3IN2O/c1-3-2-4(12)6(13-5(3)11)14-7(8,9)10/h2H,12H2,1H3. The van der Waals surface area contributed by atoms with Gasteiger partial charge in [-0.2, -0.15) is 0 Å². The third-order valence-electron chi connectivity index (χ3n) is 1.36. The molecule has 0 aliphatic rings. The summed E-state index contributed by atoms with van der Waals surface area (Å²) in [6.07, 6.45) is -4.76. The van der Waals surface area contributed by atoms with Crippen molar-refractivity contribution in [1.82, 2.24) is 4.98 Å². The van der Waals surface area contributed by atoms with Gasteiger partial charge in [0.1, 0.15) is 3.70 Å². The van der Waals surface area contributed by atoms with Crippen molar-refractivity contribution < 1.29 is 17.9 Å². The lowest BCUT2D eigenvalue weighted by Gasteiger charge is -2.10. The average Bonchev–Trinajstić information content (AvgIpc) is 1.97. The largest absolute Gasteiger partial charge is 0.574 e. The van der Waals surface area contributed by atoms with E-state index in [1.807, 2.05) is 0 Å². The lowest BCUT2D eigenvalue weighted by atomic mass is 10.3. The fraction of sp³-hybridized carbons (Fsp3) is 0.286. The van der Waals surface area contributed by atoms with Gasteiger partial charge >= 0.3 is 6.36 Å². The van der Waals surface area contributed by atoms with Crippen LogP contribution in [0.4, 0.5) is 18.9 Å². The maximum Gasteiger partial charge on any atom is 0.574 e. The number of pyridine rings is 1. The molecule has 7 heteroatoms. The van der Waals surface area contributed by atoms with Gasteiger partial charge in [0.25, 0.3) is 0 Å². The Balaban J connectivity index is 3.04. The number of hydrogen-bond acceptors (Lipinski definition) is 3. The molecule has 0 unspecified atom stereocenters. The molecule has 0 aliphatic carbocycles. The third-order valence-corrected chi connectivity index (χ3v) is 2.45. The Bertz CT molecular complexity index is 354. The van der Waals surface area contributed by atoms with E-state index >= 15 is 0 Å². The fourth-order valence-electron chi connectivity index (χ4n) is 0.788. The van der Waals surface area contributed by atoms with Gasteiger partial charge in [-0.15, -0.1) is 13.2 Å². The Kier molecular flexibility index (Phi) is 3.07. The summed E-state index contributed by atoms with van der Waals surface area (Å²) in [6.45, 7) is 1.70. The zero-order valence-corrected chi connectivity index (χ0v) is 9.18. The van der Waals surface area contributed by atoms with E-state index in [9.17, 15) is 13.2 Å². The summed E-state index contributed by atoms with van der Waals surface area (Å²) in [5, 5.41) is 0. The summed E-state index contributed by atoms with van der Waals surface area (Å²) in [7, 11) is 0. The first-order valence-corrected chi connectivity index (χ1v) is 4.56. The number of nitrogens with two attached hydrogens (primary N) is 1. The second-order valence-electron chi connectivity index (χ2n) is 2.54. The van der Waals surface area contributed by atoms with Gasteiger partial charge in [-0.3, -0.25) is 0 Å². The molecule has 0 saturated carbocycles. The van der Waals surface area contributed by atoms with E-state index in [0.717, 1.165) is 0 Å². The lowest BCUT2D eigenvalue weighted by molar-refractivity contribution is -0.275. The molecule has 78 valence electrons. The van der Waals surface area contributed by atoms with Gasteiger partial charge < -0.3 is 10.5 Å². The van der Waals surface area contributed by atoms with Crippen molar-refractivity contribution >= 4 is 28.3 Å². The van der Waals surface area contributed by atoms with Gasteiger partial charge in [0.2, 0.25) is 5.88 Å². The number of hydrogen-bond donors (Lipinski definition) is 1. The first-order valence-electron chi connectivity index (χ1n) is 3.48. The van der Waals surface area contributed by atoms with Gasteiger partial charge in [-0.1, -0.05) is 0 Å². The molecule has 0 atom stereocenters. The molecule has 1 rings (SSSR count). The second kappa shape index (κ2) is 3.79. The molecule has 1 aromatic rings. The van der Waals surface area contributed by atoms with Crippen LogP contribution in [0.5, 0.6) is 5.88 Å². The van der Waals surface area contributed by atoms with Crippen LogP contribution in [0.2, 0.25) is 0 Å². The summed E-state index contributed by atoms with van der Waals surface area (Å²) >= 11 is 1.80. The molecule has 0 bridgehead atoms. The zero-order chi connectivity index (χ0) is 10.9. The molecule has 0 radical (unpaired) electrons. The number of anilines is 1. The van der Waals surface area contributed by atoms with E-state index in [4.69, 9.17) is 5.73 Å². The molecule has 2 N–H and O–H groups in total. The van der Waals surface area contributed by atoms with E-state index in [1.54, 1.807) is 29.5 Å². The SMILES string of the molecule is Cc1cc(N)c(OC(F)(F)F)nc1I. The summed E-state index contributed by atoms with van der Waals surface area (Å²) in [5.41, 5.74) is 5.89. The highest BCUT2D eigenvalue weighted by Crippen LogP contribution is 2.28. The van der Waals surface area contributed by atoms with Gasteiger partial charge in [-0.05, 0) is 41.1 Å². The van der Waals surface area contributed by atoms with Crippen molar-refractivity contribution in [2.45, 2.75) is 13.3 Å². The van der Waals surface area contributed by atoms with Gasteiger partial charge in [0.15, 0.2) is 0 Å². The first-order chi connectivity index (χ1) is 6.29. The molecule has 0 aromatic carbocycles. The van der Waals surface area contributed by atoms with Crippen molar-refractivity contribution in [3.05, 3.63) is 15.3 Å². The van der Waals surface area contributed by atoms with Crippen molar-refractivity contribution in [1.29, 1.82) is 0 Å². The van der Waals surface area contributed by atoms with Crippen molar-refractivity contribution in [2.24, 2.45) is 0 Å². The van der Waals surface area contributed by atoms with Crippen LogP contribution < -0.4 is 10.5 Å². The maximum absolute atomic E-state index is 11.8. The number of rotatable bonds is 1. The number of halogens is 4. The summed E-state index contributed by atoms with van der Waals surface area (Å²) in [5.74, 6) is -0.604. The summed E-state index contributed by atoms with van der Waals surface area (Å²) < 4.78 is 39.6. The van der Waals surface area contributed by atoms with Crippen LogP contribution in [0, 0.1) is 10.6 Å². The van der Waals surface area contributed by atoms with Crippen LogP contribution >= 0.6 is 22.6 Å². The minimum atomic E-state index is -4.76. The number of ether oxygens (including phenoxy) is 1. The highest BCUT2D eigenvalue weighted by Gasteiger charge is 2.32. The fourth-order valence-corrected chi connectivity index (χ4v) is 1.16. The molecule has 1 aromatic heterocycles. The van der Waals surface area contributed by atoms with E-state index in [-0.39, 0.29) is 5.69 Å². The third kappa shape index (κ3) is 2.89. The van der Waals surface area contributed by atoms with E-state index < -0.39 is 12.2 Å². The highest BCUT2D eigenvalue weighted by atomic mass is 127. The molecule has 3 nitrogen and oxygen atoms in total. The zero-order valence-electron chi connectivity index (χ0n) is 7.02. The smallest absolute Gasteiger partial charge is 0.394 e. The average molecular weight is 318 g/mol. The number of alkyl halides is 3. The minimum absolute atomic E-state index is 0.125. The Morgan fingerprint density at radius 2 is 2.07 bits per heavy atom. The molecule has 0 amide bonds. The number of aryl methyl sites for hydroxylation is 1. The predicted octanol–water partition coefficient (Wildman–Crippen LogP) is 2.48. The number of nitrogen functional groups attached to an aromatic ring is 1. The van der Waals surface area contributed by atoms with Crippen molar-refractivity contribution in [3.8, 4) is 5.88 Å². The molecule has 1 heterocycles. The predicted molar refractivity (Wildman–Crippen MR) is 52.8 cm³/mol. The van der Waals surface area contributed by atoms with Crippen LogP contribution in [-0.2, 0) is 0 Å². The molecule has 0 aliphatic heterocycles. The normalized spacial score (nSPS) is 11.5. The topological polar surface area (TPSA) is 48.1 Å². The Morgan fingerprint density at radius 1 is 1.50 bits per heavy atom. The van der Waals surface area contributed by atoms with E-state index in [1.165, 1.54) is 6.07 Å². The Morgan fingerprint density at radius 3 is 2.57 bits per heavy atom. The highest BCUT2D eigenvalue weighted by molar-refractivity contribution is 14.1. The van der Waals surface area contributed by atoms with E-state index in [0.29, 0.717) is 9.26 Å². The lowest BCUT2D eigenvalue weighted by Crippen LogP contribution is -2.19. The quantitative estimate of drug-likeness (QED) is 0.639. The minimum Gasteiger partial charge on any atom is -0.394 e. The molecule has 14 heavy (non-hydrogen) atoms. The second-order valence-corrected chi connectivity index (χ2v) is 3.56. The first kappa shape index (κ1) is 11.3. The Hall–Kier alpha value is -0.730. The molecule has 0 saturated heterocycles. The number of nitrogens with zero attached hydrogens (tertiary/aromatic N) is 1. The monoisotopic (exact) mass is 318 g/mol. The van der Waals surface area contributed by atoms with Gasteiger partial charge in [0, 0.05) is 0 Å². The molecular weight excluding hydrogens is 312 g/mol. The Labute approximate surface area is 91.6 Å².